The molecule has 2 aromatic rings. The number of hydrogen-bond acceptors (Lipinski definition) is 3. The van der Waals surface area contributed by atoms with Gasteiger partial charge < -0.3 is 19.5 Å². The number of guanidine groups is 1. The summed E-state index contributed by atoms with van der Waals surface area (Å²) in [4.78, 5) is 4.55. The number of rotatable bonds is 7. The zero-order chi connectivity index (χ0) is 15.8. The molecular weight excluding hydrogens is 278 g/mol. The molecule has 1 atom stereocenters. The van der Waals surface area contributed by atoms with Gasteiger partial charge in [-0.15, -0.1) is 6.58 Å². The van der Waals surface area contributed by atoms with Crippen LogP contribution >= 0.6 is 0 Å². The van der Waals surface area contributed by atoms with Crippen LogP contribution in [0, 0.1) is 6.92 Å². The number of hydrogen-bond donors (Lipinski definition) is 2. The van der Waals surface area contributed by atoms with Crippen LogP contribution in [-0.4, -0.2) is 19.0 Å². The molecule has 0 amide bonds. The van der Waals surface area contributed by atoms with Crippen molar-refractivity contribution in [3.8, 4) is 0 Å². The van der Waals surface area contributed by atoms with E-state index in [0.717, 1.165) is 29.7 Å². The Morgan fingerprint density at radius 3 is 2.91 bits per heavy atom. The van der Waals surface area contributed by atoms with Crippen molar-refractivity contribution >= 4 is 5.96 Å². The maximum absolute atomic E-state index is 5.63. The second-order valence-corrected chi connectivity index (χ2v) is 5.04. The van der Waals surface area contributed by atoms with Gasteiger partial charge in [-0.1, -0.05) is 6.08 Å². The van der Waals surface area contributed by atoms with E-state index < -0.39 is 0 Å². The summed E-state index contributed by atoms with van der Waals surface area (Å²) in [5.41, 5.74) is 0. The van der Waals surface area contributed by atoms with E-state index >= 15 is 0 Å². The lowest BCUT2D eigenvalue weighted by Crippen LogP contribution is -2.39. The van der Waals surface area contributed by atoms with E-state index in [1.54, 1.807) is 12.3 Å². The Balaban J connectivity index is 1.93. The Labute approximate surface area is 131 Å². The first-order valence-corrected chi connectivity index (χ1v) is 7.43. The van der Waals surface area contributed by atoms with E-state index in [9.17, 15) is 0 Å². The molecule has 0 aromatic carbocycles. The van der Waals surface area contributed by atoms with Crippen molar-refractivity contribution in [3.63, 3.8) is 0 Å². The quantitative estimate of drug-likeness (QED) is 0.468. The summed E-state index contributed by atoms with van der Waals surface area (Å²) in [6.07, 6.45) is 4.24. The van der Waals surface area contributed by atoms with Gasteiger partial charge in [0.1, 0.15) is 17.3 Å². The maximum Gasteiger partial charge on any atom is 0.192 e. The van der Waals surface area contributed by atoms with Crippen LogP contribution in [0.25, 0.3) is 0 Å². The van der Waals surface area contributed by atoms with Gasteiger partial charge >= 0.3 is 0 Å². The predicted octanol–water partition coefficient (Wildman–Crippen LogP) is 3.21. The summed E-state index contributed by atoms with van der Waals surface area (Å²) in [5.74, 6) is 3.45. The van der Waals surface area contributed by atoms with Crippen LogP contribution in [0.1, 0.15) is 30.2 Å². The fourth-order valence-electron chi connectivity index (χ4n) is 2.02. The third kappa shape index (κ3) is 4.84. The fourth-order valence-corrected chi connectivity index (χ4v) is 2.02. The highest BCUT2D eigenvalue weighted by Crippen LogP contribution is 2.15. The second kappa shape index (κ2) is 8.12. The smallest absolute Gasteiger partial charge is 0.192 e. The third-order valence-electron chi connectivity index (χ3n) is 3.16. The number of nitrogens with one attached hydrogen (secondary N) is 2. The molecule has 0 aliphatic rings. The van der Waals surface area contributed by atoms with Crippen molar-refractivity contribution in [1.29, 1.82) is 0 Å². The van der Waals surface area contributed by atoms with Crippen molar-refractivity contribution < 1.29 is 8.83 Å². The lowest BCUT2D eigenvalue weighted by atomic mass is 10.2. The van der Waals surface area contributed by atoms with Gasteiger partial charge in [0.25, 0.3) is 0 Å². The van der Waals surface area contributed by atoms with Gasteiger partial charge in [0.2, 0.25) is 0 Å². The first-order valence-electron chi connectivity index (χ1n) is 7.43. The van der Waals surface area contributed by atoms with Crippen molar-refractivity contribution in [3.05, 3.63) is 60.5 Å². The summed E-state index contributed by atoms with van der Waals surface area (Å²) in [6, 6.07) is 7.80. The molecule has 0 fully saturated rings. The summed E-state index contributed by atoms with van der Waals surface area (Å²) in [7, 11) is 0. The Morgan fingerprint density at radius 2 is 2.27 bits per heavy atom. The van der Waals surface area contributed by atoms with Crippen molar-refractivity contribution in [2.24, 2.45) is 4.99 Å². The Bertz CT molecular complexity index is 599. The van der Waals surface area contributed by atoms with Crippen LogP contribution in [0.15, 0.2) is 57.0 Å². The zero-order valence-electron chi connectivity index (χ0n) is 13.1. The van der Waals surface area contributed by atoms with Gasteiger partial charge in [0.05, 0.1) is 12.3 Å². The van der Waals surface area contributed by atoms with Crippen LogP contribution in [0.5, 0.6) is 0 Å². The van der Waals surface area contributed by atoms with Crippen molar-refractivity contribution in [1.82, 2.24) is 10.6 Å². The number of furan rings is 2. The van der Waals surface area contributed by atoms with Gasteiger partial charge in [0, 0.05) is 19.5 Å². The third-order valence-corrected chi connectivity index (χ3v) is 3.16. The van der Waals surface area contributed by atoms with E-state index in [1.807, 2.05) is 38.1 Å². The Kier molecular flexibility index (Phi) is 5.89. The zero-order valence-corrected chi connectivity index (χ0v) is 13.1. The largest absolute Gasteiger partial charge is 0.469 e. The van der Waals surface area contributed by atoms with E-state index in [-0.39, 0.29) is 6.04 Å². The summed E-state index contributed by atoms with van der Waals surface area (Å²) >= 11 is 0. The lowest BCUT2D eigenvalue weighted by Gasteiger charge is -2.16. The highest BCUT2D eigenvalue weighted by molar-refractivity contribution is 5.80. The van der Waals surface area contributed by atoms with Crippen LogP contribution < -0.4 is 10.6 Å². The minimum atomic E-state index is 0.0355. The van der Waals surface area contributed by atoms with Gasteiger partial charge in [-0.05, 0) is 38.1 Å². The molecule has 0 bridgehead atoms. The lowest BCUT2D eigenvalue weighted by molar-refractivity contribution is 0.441. The molecule has 0 spiro atoms. The molecule has 118 valence electrons. The van der Waals surface area contributed by atoms with Crippen LogP contribution in [-0.2, 0) is 6.42 Å². The second-order valence-electron chi connectivity index (χ2n) is 5.04. The first kappa shape index (κ1) is 15.9. The molecule has 2 aromatic heterocycles. The first-order chi connectivity index (χ1) is 10.7. The molecule has 2 N–H and O–H groups in total. The molecule has 22 heavy (non-hydrogen) atoms. The van der Waals surface area contributed by atoms with E-state index in [1.165, 1.54) is 0 Å². The average molecular weight is 301 g/mol. The summed E-state index contributed by atoms with van der Waals surface area (Å²) < 4.78 is 10.9. The molecular formula is C17H23N3O2. The molecule has 2 heterocycles. The predicted molar refractivity (Wildman–Crippen MR) is 87.9 cm³/mol. The highest BCUT2D eigenvalue weighted by atomic mass is 16.3. The number of nitrogens with zero attached hydrogens (tertiary/aromatic N) is 1. The molecule has 0 saturated carbocycles. The Morgan fingerprint density at radius 1 is 1.41 bits per heavy atom. The van der Waals surface area contributed by atoms with Crippen LogP contribution in [0.2, 0.25) is 0 Å². The van der Waals surface area contributed by atoms with E-state index in [0.29, 0.717) is 13.1 Å². The normalized spacial score (nSPS) is 12.9. The molecule has 5 heteroatoms. The Hall–Kier alpha value is -2.43. The summed E-state index contributed by atoms with van der Waals surface area (Å²) in [5, 5.41) is 6.53. The minimum Gasteiger partial charge on any atom is -0.469 e. The van der Waals surface area contributed by atoms with Gasteiger partial charge in [-0.2, -0.15) is 0 Å². The van der Waals surface area contributed by atoms with Gasteiger partial charge in [-0.3, -0.25) is 4.99 Å². The molecule has 2 rings (SSSR count). The number of aliphatic imine (C=N–C) groups is 1. The van der Waals surface area contributed by atoms with Crippen LogP contribution in [0.4, 0.5) is 0 Å². The monoisotopic (exact) mass is 301 g/mol. The van der Waals surface area contributed by atoms with E-state index in [4.69, 9.17) is 8.83 Å². The summed E-state index contributed by atoms with van der Waals surface area (Å²) in [6.45, 7) is 8.98. The molecule has 5 nitrogen and oxygen atoms in total. The van der Waals surface area contributed by atoms with Gasteiger partial charge in [0.15, 0.2) is 5.96 Å². The van der Waals surface area contributed by atoms with Gasteiger partial charge in [-0.25, -0.2) is 0 Å². The highest BCUT2D eigenvalue weighted by Gasteiger charge is 2.11. The van der Waals surface area contributed by atoms with Crippen molar-refractivity contribution in [2.45, 2.75) is 26.3 Å². The molecule has 0 aliphatic heterocycles. The maximum atomic E-state index is 5.63. The average Bonchev–Trinajstić information content (AvgIpc) is 3.16. The number of aryl methyl sites for hydroxylation is 1. The minimum absolute atomic E-state index is 0.0355. The van der Waals surface area contributed by atoms with E-state index in [2.05, 4.69) is 22.2 Å². The van der Waals surface area contributed by atoms with Crippen LogP contribution in [0.3, 0.4) is 0 Å². The molecule has 0 saturated heterocycles. The standard InChI is InChI=1S/C17H23N3O2/c1-4-10-18-17(19-11-9-15-6-5-12-21-15)20-14(3)16-8-7-13(2)22-16/h4-8,12,14H,1,9-11H2,2-3H3,(H2,18,19,20). The van der Waals surface area contributed by atoms with Crippen molar-refractivity contribution in [2.75, 3.05) is 13.1 Å². The topological polar surface area (TPSA) is 62.7 Å². The fraction of sp³-hybridized carbons (Fsp3) is 0.353. The molecule has 1 unspecified atom stereocenters. The SMILES string of the molecule is C=CCNC(=NCCc1ccco1)NC(C)c1ccc(C)o1. The molecule has 0 radical (unpaired) electrons. The molecule has 0 aliphatic carbocycles.